The van der Waals surface area contributed by atoms with E-state index in [0.717, 1.165) is 17.5 Å². The molecular formula is C18H22FN3O4S. The van der Waals surface area contributed by atoms with Crippen LogP contribution in [-0.2, 0) is 10.0 Å². The number of hydrogen-bond acceptors (Lipinski definition) is 6. The quantitative estimate of drug-likeness (QED) is 0.774. The summed E-state index contributed by atoms with van der Waals surface area (Å²) in [7, 11) is -2.51. The Balaban J connectivity index is 1.77. The Morgan fingerprint density at radius 1 is 1.19 bits per heavy atom. The molecule has 1 aliphatic heterocycles. The summed E-state index contributed by atoms with van der Waals surface area (Å²) in [4.78, 5) is 8.37. The van der Waals surface area contributed by atoms with Crippen molar-refractivity contribution in [2.45, 2.75) is 37.7 Å². The molecule has 1 atom stereocenters. The third-order valence-electron chi connectivity index (χ3n) is 4.34. The third-order valence-corrected chi connectivity index (χ3v) is 6.20. The zero-order valence-electron chi connectivity index (χ0n) is 15.5. The van der Waals surface area contributed by atoms with Crippen molar-refractivity contribution in [2.75, 3.05) is 20.2 Å². The minimum absolute atomic E-state index is 0.000713. The number of methoxy groups -OCH3 is 1. The highest BCUT2D eigenvalue weighted by Gasteiger charge is 2.32. The molecule has 1 saturated heterocycles. The summed E-state index contributed by atoms with van der Waals surface area (Å²) in [5, 5.41) is 0. The summed E-state index contributed by atoms with van der Waals surface area (Å²) in [5.41, 5.74) is 1.57. The average molecular weight is 395 g/mol. The minimum Gasteiger partial charge on any atom is -0.494 e. The number of halogens is 1. The maximum atomic E-state index is 13.9. The highest BCUT2D eigenvalue weighted by atomic mass is 32.2. The molecule has 1 aromatic carbocycles. The SMILES string of the molecule is COc1ccc(S(=O)(=O)N2CCCC(Oc3nc(C)cc(C)n3)C2)cc1F. The second-order valence-corrected chi connectivity index (χ2v) is 8.41. The lowest BCUT2D eigenvalue weighted by Gasteiger charge is -2.31. The van der Waals surface area contributed by atoms with Gasteiger partial charge in [-0.3, -0.25) is 0 Å². The largest absolute Gasteiger partial charge is 0.494 e. The fraction of sp³-hybridized carbons (Fsp3) is 0.444. The Bertz CT molecular complexity index is 916. The van der Waals surface area contributed by atoms with Gasteiger partial charge in [-0.2, -0.15) is 4.31 Å². The summed E-state index contributed by atoms with van der Waals surface area (Å²) in [6.07, 6.45) is 0.963. The second-order valence-electron chi connectivity index (χ2n) is 6.47. The van der Waals surface area contributed by atoms with Crippen LogP contribution in [0.3, 0.4) is 0 Å². The molecule has 2 aromatic rings. The van der Waals surface area contributed by atoms with Gasteiger partial charge in [0.1, 0.15) is 6.10 Å². The number of rotatable bonds is 5. The van der Waals surface area contributed by atoms with E-state index in [4.69, 9.17) is 9.47 Å². The van der Waals surface area contributed by atoms with Gasteiger partial charge in [0, 0.05) is 17.9 Å². The predicted molar refractivity (Wildman–Crippen MR) is 96.9 cm³/mol. The molecule has 1 fully saturated rings. The molecule has 0 radical (unpaired) electrons. The molecule has 9 heteroatoms. The Hall–Kier alpha value is -2.26. The lowest BCUT2D eigenvalue weighted by Crippen LogP contribution is -2.44. The van der Waals surface area contributed by atoms with Crippen LogP contribution in [0.1, 0.15) is 24.2 Å². The monoisotopic (exact) mass is 395 g/mol. The van der Waals surface area contributed by atoms with Crippen molar-refractivity contribution in [3.63, 3.8) is 0 Å². The van der Waals surface area contributed by atoms with Crippen molar-refractivity contribution in [1.82, 2.24) is 14.3 Å². The molecule has 0 aliphatic carbocycles. The first kappa shape index (κ1) is 19.5. The van der Waals surface area contributed by atoms with Crippen LogP contribution >= 0.6 is 0 Å². The summed E-state index contributed by atoms with van der Waals surface area (Å²) in [5.74, 6) is -0.715. The number of nitrogens with zero attached hydrogens (tertiary/aromatic N) is 3. The van der Waals surface area contributed by atoms with Crippen molar-refractivity contribution < 1.29 is 22.3 Å². The van der Waals surface area contributed by atoms with Gasteiger partial charge in [-0.25, -0.2) is 22.8 Å². The topological polar surface area (TPSA) is 81.6 Å². The van der Waals surface area contributed by atoms with Crippen LogP contribution < -0.4 is 9.47 Å². The van der Waals surface area contributed by atoms with Gasteiger partial charge < -0.3 is 9.47 Å². The Morgan fingerprint density at radius 3 is 2.52 bits per heavy atom. The molecule has 1 aromatic heterocycles. The predicted octanol–water partition coefficient (Wildman–Crippen LogP) is 2.47. The number of aromatic nitrogens is 2. The van der Waals surface area contributed by atoms with Gasteiger partial charge in [0.2, 0.25) is 10.0 Å². The molecule has 0 N–H and O–H groups in total. The van der Waals surface area contributed by atoms with E-state index in [-0.39, 0.29) is 29.3 Å². The maximum absolute atomic E-state index is 13.9. The molecule has 0 saturated carbocycles. The zero-order valence-corrected chi connectivity index (χ0v) is 16.3. The number of ether oxygens (including phenoxy) is 2. The van der Waals surface area contributed by atoms with E-state index in [1.807, 2.05) is 19.9 Å². The third kappa shape index (κ3) is 4.36. The van der Waals surface area contributed by atoms with Gasteiger partial charge in [0.25, 0.3) is 0 Å². The molecule has 27 heavy (non-hydrogen) atoms. The first-order valence-electron chi connectivity index (χ1n) is 8.62. The minimum atomic E-state index is -3.83. The van der Waals surface area contributed by atoms with Gasteiger partial charge in [-0.15, -0.1) is 0 Å². The van der Waals surface area contributed by atoms with Crippen molar-refractivity contribution >= 4 is 10.0 Å². The van der Waals surface area contributed by atoms with Gasteiger partial charge >= 0.3 is 6.01 Å². The van der Waals surface area contributed by atoms with Crippen LogP contribution in [0.4, 0.5) is 4.39 Å². The summed E-state index contributed by atoms with van der Waals surface area (Å²) < 4.78 is 51.7. The van der Waals surface area contributed by atoms with E-state index in [2.05, 4.69) is 9.97 Å². The van der Waals surface area contributed by atoms with Crippen molar-refractivity contribution in [1.29, 1.82) is 0 Å². The van der Waals surface area contributed by atoms with E-state index in [0.29, 0.717) is 19.4 Å². The molecule has 7 nitrogen and oxygen atoms in total. The summed E-state index contributed by atoms with van der Waals surface area (Å²) in [6, 6.07) is 5.71. The Morgan fingerprint density at radius 2 is 1.89 bits per heavy atom. The first-order chi connectivity index (χ1) is 12.8. The Labute approximate surface area is 158 Å². The van der Waals surface area contributed by atoms with E-state index in [1.54, 1.807) is 0 Å². The molecule has 0 spiro atoms. The fourth-order valence-corrected chi connectivity index (χ4v) is 4.59. The van der Waals surface area contributed by atoms with E-state index >= 15 is 0 Å². The lowest BCUT2D eigenvalue weighted by atomic mass is 10.1. The summed E-state index contributed by atoms with van der Waals surface area (Å²) in [6.45, 7) is 4.20. The smallest absolute Gasteiger partial charge is 0.317 e. The highest BCUT2D eigenvalue weighted by Crippen LogP contribution is 2.26. The maximum Gasteiger partial charge on any atom is 0.317 e. The molecule has 3 rings (SSSR count). The summed E-state index contributed by atoms with van der Waals surface area (Å²) >= 11 is 0. The van der Waals surface area contributed by atoms with Crippen LogP contribution in [0, 0.1) is 19.7 Å². The molecule has 146 valence electrons. The molecular weight excluding hydrogens is 373 g/mol. The lowest BCUT2D eigenvalue weighted by molar-refractivity contribution is 0.119. The van der Waals surface area contributed by atoms with E-state index < -0.39 is 15.8 Å². The number of hydrogen-bond donors (Lipinski definition) is 0. The van der Waals surface area contributed by atoms with Crippen LogP contribution in [-0.4, -0.2) is 49.0 Å². The van der Waals surface area contributed by atoms with Crippen LogP contribution in [0.2, 0.25) is 0 Å². The van der Waals surface area contributed by atoms with Crippen molar-refractivity contribution in [3.8, 4) is 11.8 Å². The van der Waals surface area contributed by atoms with Crippen molar-refractivity contribution in [3.05, 3.63) is 41.5 Å². The molecule has 2 heterocycles. The normalized spacial score (nSPS) is 18.3. The van der Waals surface area contributed by atoms with Crippen molar-refractivity contribution in [2.24, 2.45) is 0 Å². The fourth-order valence-electron chi connectivity index (χ4n) is 3.07. The number of piperidine rings is 1. The second kappa shape index (κ2) is 7.77. The van der Waals surface area contributed by atoms with Crippen LogP contribution in [0.25, 0.3) is 0 Å². The van der Waals surface area contributed by atoms with Gasteiger partial charge in [0.15, 0.2) is 11.6 Å². The van der Waals surface area contributed by atoms with Gasteiger partial charge in [-0.05, 0) is 51.0 Å². The number of sulfonamides is 1. The molecule has 1 unspecified atom stereocenters. The molecule has 0 amide bonds. The Kier molecular flexibility index (Phi) is 5.61. The first-order valence-corrected chi connectivity index (χ1v) is 10.1. The standard InChI is InChI=1S/C18H22FN3O4S/c1-12-9-13(2)21-18(20-12)26-14-5-4-8-22(11-14)27(23,24)15-6-7-17(25-3)16(19)10-15/h6-7,9-10,14H,4-5,8,11H2,1-3H3. The van der Waals surface area contributed by atoms with E-state index in [1.165, 1.54) is 23.5 Å². The van der Waals surface area contributed by atoms with E-state index in [9.17, 15) is 12.8 Å². The zero-order chi connectivity index (χ0) is 19.6. The van der Waals surface area contributed by atoms with Gasteiger partial charge in [0.05, 0.1) is 18.6 Å². The molecule has 0 bridgehead atoms. The highest BCUT2D eigenvalue weighted by molar-refractivity contribution is 7.89. The number of benzene rings is 1. The number of aryl methyl sites for hydroxylation is 2. The molecule has 1 aliphatic rings. The van der Waals surface area contributed by atoms with Crippen LogP contribution in [0.15, 0.2) is 29.2 Å². The van der Waals surface area contributed by atoms with Crippen LogP contribution in [0.5, 0.6) is 11.8 Å². The average Bonchev–Trinajstić information content (AvgIpc) is 2.61. The van der Waals surface area contributed by atoms with Gasteiger partial charge in [-0.1, -0.05) is 0 Å².